The summed E-state index contributed by atoms with van der Waals surface area (Å²) in [6, 6.07) is 90.5. The second-order valence-electron chi connectivity index (χ2n) is 22.1. The van der Waals surface area contributed by atoms with Gasteiger partial charge in [0.25, 0.3) is 0 Å². The Morgan fingerprint density at radius 3 is 1.20 bits per heavy atom. The average molecular weight is 951 g/mol. The molecule has 0 aliphatic rings. The van der Waals surface area contributed by atoms with E-state index in [0.29, 0.717) is 0 Å². The summed E-state index contributed by atoms with van der Waals surface area (Å²) in [5, 5.41) is 10.00. The van der Waals surface area contributed by atoms with E-state index in [-0.39, 0.29) is 10.8 Å². The van der Waals surface area contributed by atoms with Gasteiger partial charge in [0.15, 0.2) is 0 Å². The van der Waals surface area contributed by atoms with Crippen LogP contribution in [0.5, 0.6) is 0 Å². The van der Waals surface area contributed by atoms with E-state index in [4.69, 9.17) is 0 Å². The Morgan fingerprint density at radius 1 is 0.311 bits per heavy atom. The molecular formula is C72H58N2. The number of benzene rings is 12. The van der Waals surface area contributed by atoms with Crippen LogP contribution in [-0.2, 0) is 10.8 Å². The monoisotopic (exact) mass is 950 g/mol. The molecule has 1 heterocycles. The van der Waals surface area contributed by atoms with Crippen molar-refractivity contribution < 1.29 is 0 Å². The van der Waals surface area contributed by atoms with Gasteiger partial charge in [0.2, 0.25) is 0 Å². The summed E-state index contributed by atoms with van der Waals surface area (Å²) in [7, 11) is 0. The van der Waals surface area contributed by atoms with Crippen LogP contribution in [0, 0.1) is 0 Å². The quantitative estimate of drug-likeness (QED) is 0.138. The zero-order valence-corrected chi connectivity index (χ0v) is 43.0. The van der Waals surface area contributed by atoms with Gasteiger partial charge in [-0.15, -0.1) is 0 Å². The molecular weight excluding hydrogens is 893 g/mol. The van der Waals surface area contributed by atoms with Crippen molar-refractivity contribution in [3.05, 3.63) is 254 Å². The number of nitrogens with zero attached hydrogens (tertiary/aromatic N) is 2. The Bertz CT molecular complexity index is 4030. The third-order valence-corrected chi connectivity index (χ3v) is 15.5. The molecule has 0 bridgehead atoms. The first-order chi connectivity index (χ1) is 36.0. The Hall–Kier alpha value is -8.72. The van der Waals surface area contributed by atoms with Crippen molar-refractivity contribution >= 4 is 71.2 Å². The van der Waals surface area contributed by atoms with Crippen molar-refractivity contribution in [3.63, 3.8) is 0 Å². The van der Waals surface area contributed by atoms with Crippen molar-refractivity contribution in [1.29, 1.82) is 0 Å². The van der Waals surface area contributed by atoms with Crippen molar-refractivity contribution in [2.24, 2.45) is 0 Å². The lowest BCUT2D eigenvalue weighted by Crippen LogP contribution is -2.12. The Balaban J connectivity index is 1.01. The lowest BCUT2D eigenvalue weighted by molar-refractivity contribution is 0.590. The minimum atomic E-state index is 0.00202. The Labute approximate surface area is 434 Å². The first-order valence-electron chi connectivity index (χ1n) is 26.1. The summed E-state index contributed by atoms with van der Waals surface area (Å²) in [6.45, 7) is 13.8. The number of hydrogen-bond donors (Lipinski definition) is 0. The summed E-state index contributed by atoms with van der Waals surface area (Å²) in [4.78, 5) is 2.47. The molecule has 0 aliphatic carbocycles. The summed E-state index contributed by atoms with van der Waals surface area (Å²) >= 11 is 0. The fraction of sp³-hybridized carbons (Fsp3) is 0.111. The maximum absolute atomic E-state index is 2.47. The van der Waals surface area contributed by atoms with Gasteiger partial charge in [-0.1, -0.05) is 236 Å². The molecule has 74 heavy (non-hydrogen) atoms. The summed E-state index contributed by atoms with van der Waals surface area (Å²) < 4.78 is 2.47. The Kier molecular flexibility index (Phi) is 10.7. The standard InChI is InChI=1S/C72H58N2/c1-71(2,3)53-33-41-57(47-17-9-7-10-18-47)63(45-53)49-25-35-55(36-26-49)73(56-37-27-50(28-38-56)64-46-54(72(4,5)6)34-42-58(64)48-19-11-8-12-20-48)67-43-31-51-30-40-62-68(44-32-52-29-39-61(67)69(51)70(52)62)74-65-23-15-13-21-59(65)60-22-14-16-24-66(60)74/h7-46H,1-6H3. The van der Waals surface area contributed by atoms with Gasteiger partial charge >= 0.3 is 0 Å². The number of hydrogen-bond acceptors (Lipinski definition) is 1. The number of fused-ring (bicyclic) bond motifs is 3. The number of para-hydroxylation sites is 2. The Morgan fingerprint density at radius 2 is 0.716 bits per heavy atom. The smallest absolute Gasteiger partial charge is 0.0541 e. The highest BCUT2D eigenvalue weighted by Gasteiger charge is 2.24. The minimum absolute atomic E-state index is 0.00202. The predicted molar refractivity (Wildman–Crippen MR) is 318 cm³/mol. The molecule has 0 saturated heterocycles. The molecule has 13 aromatic rings. The van der Waals surface area contributed by atoms with E-state index in [2.05, 4.69) is 294 Å². The fourth-order valence-corrected chi connectivity index (χ4v) is 11.6. The highest BCUT2D eigenvalue weighted by molar-refractivity contribution is 6.27. The van der Waals surface area contributed by atoms with E-state index in [1.807, 2.05) is 0 Å². The molecule has 0 aliphatic heterocycles. The largest absolute Gasteiger partial charge is 0.310 e. The molecule has 356 valence electrons. The molecule has 0 unspecified atom stereocenters. The first-order valence-corrected chi connectivity index (χ1v) is 26.1. The van der Waals surface area contributed by atoms with Crippen molar-refractivity contribution in [2.75, 3.05) is 4.90 Å². The molecule has 13 rings (SSSR count). The molecule has 0 fully saturated rings. The van der Waals surface area contributed by atoms with Gasteiger partial charge in [0.05, 0.1) is 22.4 Å². The highest BCUT2D eigenvalue weighted by Crippen LogP contribution is 2.47. The third kappa shape index (κ3) is 7.64. The second-order valence-corrected chi connectivity index (χ2v) is 22.1. The molecule has 0 saturated carbocycles. The summed E-state index contributed by atoms with van der Waals surface area (Å²) in [6.07, 6.45) is 0. The van der Waals surface area contributed by atoms with Crippen LogP contribution in [0.15, 0.2) is 243 Å². The van der Waals surface area contributed by atoms with E-state index in [9.17, 15) is 0 Å². The molecule has 0 radical (unpaired) electrons. The molecule has 0 atom stereocenters. The SMILES string of the molecule is CC(C)(C)c1ccc(-c2ccccc2)c(-c2ccc(N(c3ccc(-c4cc(C(C)(C)C)ccc4-c4ccccc4)cc3)c3ccc4ccc5c(-n6c7ccccc7c7ccccc76)ccc6ccc3c4c65)cc2)c1. The van der Waals surface area contributed by atoms with Crippen molar-refractivity contribution in [2.45, 2.75) is 52.4 Å². The van der Waals surface area contributed by atoms with Gasteiger partial charge in [-0.2, -0.15) is 0 Å². The van der Waals surface area contributed by atoms with E-state index in [0.717, 1.165) is 17.1 Å². The van der Waals surface area contributed by atoms with E-state index < -0.39 is 0 Å². The van der Waals surface area contributed by atoms with E-state index >= 15 is 0 Å². The lowest BCUT2D eigenvalue weighted by atomic mass is 9.83. The number of anilines is 3. The van der Waals surface area contributed by atoms with Crippen LogP contribution in [-0.4, -0.2) is 4.57 Å². The number of aromatic nitrogens is 1. The molecule has 0 N–H and O–H groups in total. The second kappa shape index (κ2) is 17.5. The molecule has 0 spiro atoms. The lowest BCUT2D eigenvalue weighted by Gasteiger charge is -2.28. The molecule has 12 aromatic carbocycles. The molecule has 0 amide bonds. The van der Waals surface area contributed by atoms with Crippen molar-refractivity contribution in [1.82, 2.24) is 4.57 Å². The average Bonchev–Trinajstić information content (AvgIpc) is 3.77. The fourth-order valence-electron chi connectivity index (χ4n) is 11.6. The van der Waals surface area contributed by atoms with E-state index in [1.54, 1.807) is 0 Å². The normalized spacial score (nSPS) is 12.2. The molecule has 1 aromatic heterocycles. The molecule has 2 nitrogen and oxygen atoms in total. The van der Waals surface area contributed by atoms with Gasteiger partial charge in [0, 0.05) is 32.9 Å². The van der Waals surface area contributed by atoms with Gasteiger partial charge < -0.3 is 9.47 Å². The van der Waals surface area contributed by atoms with Crippen LogP contribution in [0.25, 0.3) is 104 Å². The third-order valence-electron chi connectivity index (χ3n) is 15.5. The predicted octanol–water partition coefficient (Wildman–Crippen LogP) is 20.4. The molecule has 2 heteroatoms. The maximum Gasteiger partial charge on any atom is 0.0541 e. The van der Waals surface area contributed by atoms with Crippen LogP contribution in [0.3, 0.4) is 0 Å². The number of rotatable bonds is 8. The van der Waals surface area contributed by atoms with Crippen LogP contribution in [0.1, 0.15) is 52.7 Å². The first kappa shape index (κ1) is 45.2. The van der Waals surface area contributed by atoms with E-state index in [1.165, 1.54) is 115 Å². The van der Waals surface area contributed by atoms with Crippen LogP contribution in [0.2, 0.25) is 0 Å². The zero-order valence-electron chi connectivity index (χ0n) is 43.0. The van der Waals surface area contributed by atoms with Gasteiger partial charge in [-0.3, -0.25) is 0 Å². The van der Waals surface area contributed by atoms with Crippen LogP contribution in [0.4, 0.5) is 17.1 Å². The van der Waals surface area contributed by atoms with Gasteiger partial charge in [-0.25, -0.2) is 0 Å². The van der Waals surface area contributed by atoms with Crippen LogP contribution < -0.4 is 4.90 Å². The minimum Gasteiger partial charge on any atom is -0.310 e. The topological polar surface area (TPSA) is 8.17 Å². The zero-order chi connectivity index (χ0) is 50.3. The highest BCUT2D eigenvalue weighted by atomic mass is 15.1. The van der Waals surface area contributed by atoms with Crippen molar-refractivity contribution in [3.8, 4) is 50.2 Å². The van der Waals surface area contributed by atoms with Gasteiger partial charge in [-0.05, 0) is 137 Å². The summed E-state index contributed by atoms with van der Waals surface area (Å²) in [5.41, 5.74) is 19.3. The summed E-state index contributed by atoms with van der Waals surface area (Å²) in [5.74, 6) is 0. The van der Waals surface area contributed by atoms with Crippen LogP contribution >= 0.6 is 0 Å². The maximum atomic E-state index is 2.47. The van der Waals surface area contributed by atoms with Gasteiger partial charge in [0.1, 0.15) is 0 Å².